The number of benzene rings is 1. The van der Waals surface area contributed by atoms with Crippen molar-refractivity contribution in [2.24, 2.45) is 0 Å². The largest absolute Gasteiger partial charge is 0.353 e. The van der Waals surface area contributed by atoms with E-state index >= 15 is 0 Å². The van der Waals surface area contributed by atoms with Gasteiger partial charge in [0.2, 0.25) is 11.8 Å². The first-order chi connectivity index (χ1) is 9.63. The molecule has 1 heterocycles. The first kappa shape index (κ1) is 14.8. The average Bonchev–Trinajstić information content (AvgIpc) is 2.46. The second-order valence-corrected chi connectivity index (χ2v) is 5.46. The molecule has 1 N–H and O–H groups in total. The van der Waals surface area contributed by atoms with Gasteiger partial charge in [0, 0.05) is 23.6 Å². The van der Waals surface area contributed by atoms with E-state index in [1.165, 1.54) is 6.08 Å². The third-order valence-electron chi connectivity index (χ3n) is 3.31. The number of hydrogen-bond acceptors (Lipinski definition) is 2. The molecule has 2 rings (SSSR count). The Kier molecular flexibility index (Phi) is 4.95. The van der Waals surface area contributed by atoms with E-state index in [9.17, 15) is 9.59 Å². The van der Waals surface area contributed by atoms with Crippen LogP contribution in [0.5, 0.6) is 0 Å². The Morgan fingerprint density at radius 1 is 1.50 bits per heavy atom. The molecule has 1 aromatic carbocycles. The molecule has 2 amide bonds. The van der Waals surface area contributed by atoms with E-state index in [2.05, 4.69) is 21.2 Å². The van der Waals surface area contributed by atoms with Gasteiger partial charge in [-0.1, -0.05) is 41.1 Å². The monoisotopic (exact) mass is 336 g/mol. The number of nitrogens with zero attached hydrogens (tertiary/aromatic N) is 1. The highest BCUT2D eigenvalue weighted by Crippen LogP contribution is 2.17. The fourth-order valence-corrected chi connectivity index (χ4v) is 2.67. The number of carbonyl (C=O) groups is 2. The number of halogens is 1. The SMILES string of the molecule is CCC1C(=O)NCCN1C(=O)/C=C/c1ccccc1Br. The fourth-order valence-electron chi connectivity index (χ4n) is 2.25. The van der Waals surface area contributed by atoms with E-state index in [4.69, 9.17) is 0 Å². The van der Waals surface area contributed by atoms with Crippen molar-refractivity contribution >= 4 is 33.8 Å². The van der Waals surface area contributed by atoms with Gasteiger partial charge in [0.15, 0.2) is 0 Å². The summed E-state index contributed by atoms with van der Waals surface area (Å²) in [5, 5.41) is 2.79. The summed E-state index contributed by atoms with van der Waals surface area (Å²) in [6, 6.07) is 7.32. The molecule has 0 bridgehead atoms. The lowest BCUT2D eigenvalue weighted by Crippen LogP contribution is -2.56. The number of amides is 2. The molecule has 0 aliphatic carbocycles. The van der Waals surface area contributed by atoms with Crippen LogP contribution in [0.3, 0.4) is 0 Å². The number of nitrogens with one attached hydrogen (secondary N) is 1. The van der Waals surface area contributed by atoms with Crippen molar-refractivity contribution in [1.29, 1.82) is 0 Å². The summed E-state index contributed by atoms with van der Waals surface area (Å²) in [5.41, 5.74) is 0.940. The Morgan fingerprint density at radius 3 is 2.95 bits per heavy atom. The minimum atomic E-state index is -0.361. The van der Waals surface area contributed by atoms with Crippen molar-refractivity contribution in [3.63, 3.8) is 0 Å². The lowest BCUT2D eigenvalue weighted by molar-refractivity contribution is -0.140. The second-order valence-electron chi connectivity index (χ2n) is 4.60. The molecule has 4 nitrogen and oxygen atoms in total. The van der Waals surface area contributed by atoms with Crippen molar-refractivity contribution in [2.45, 2.75) is 19.4 Å². The minimum Gasteiger partial charge on any atom is -0.353 e. The second kappa shape index (κ2) is 6.70. The summed E-state index contributed by atoms with van der Waals surface area (Å²) in [7, 11) is 0. The first-order valence-electron chi connectivity index (χ1n) is 6.64. The van der Waals surface area contributed by atoms with E-state index in [0.29, 0.717) is 19.5 Å². The molecule has 0 saturated carbocycles. The summed E-state index contributed by atoms with van der Waals surface area (Å²) in [4.78, 5) is 25.6. The number of hydrogen-bond donors (Lipinski definition) is 1. The van der Waals surface area contributed by atoms with Crippen LogP contribution < -0.4 is 5.32 Å². The summed E-state index contributed by atoms with van der Waals surface area (Å²) in [6.07, 6.45) is 3.92. The molecular weight excluding hydrogens is 320 g/mol. The Morgan fingerprint density at radius 2 is 2.25 bits per heavy atom. The molecule has 0 spiro atoms. The van der Waals surface area contributed by atoms with Gasteiger partial charge >= 0.3 is 0 Å². The van der Waals surface area contributed by atoms with Crippen molar-refractivity contribution in [3.05, 3.63) is 40.4 Å². The lowest BCUT2D eigenvalue weighted by Gasteiger charge is -2.33. The first-order valence-corrected chi connectivity index (χ1v) is 7.43. The predicted octanol–water partition coefficient (Wildman–Crippen LogP) is 2.20. The summed E-state index contributed by atoms with van der Waals surface area (Å²) in [5.74, 6) is -0.191. The molecule has 1 fully saturated rings. The topological polar surface area (TPSA) is 49.4 Å². The van der Waals surface area contributed by atoms with Gasteiger partial charge < -0.3 is 10.2 Å². The molecule has 0 aromatic heterocycles. The number of piperazine rings is 1. The van der Waals surface area contributed by atoms with Gasteiger partial charge in [-0.15, -0.1) is 0 Å². The lowest BCUT2D eigenvalue weighted by atomic mass is 10.1. The maximum absolute atomic E-state index is 12.2. The Labute approximate surface area is 127 Å². The summed E-state index contributed by atoms with van der Waals surface area (Å²) >= 11 is 3.44. The zero-order valence-electron chi connectivity index (χ0n) is 11.3. The Balaban J connectivity index is 2.11. The van der Waals surface area contributed by atoms with Crippen LogP contribution >= 0.6 is 15.9 Å². The Hall–Kier alpha value is -1.62. The van der Waals surface area contributed by atoms with Crippen LogP contribution in [-0.4, -0.2) is 35.8 Å². The molecular formula is C15H17BrN2O2. The molecule has 0 radical (unpaired) electrons. The van der Waals surface area contributed by atoms with Crippen molar-refractivity contribution in [3.8, 4) is 0 Å². The van der Waals surface area contributed by atoms with Crippen LogP contribution in [0.4, 0.5) is 0 Å². The van der Waals surface area contributed by atoms with Crippen molar-refractivity contribution < 1.29 is 9.59 Å². The Bertz CT molecular complexity index is 542. The van der Waals surface area contributed by atoms with Gasteiger partial charge in [-0.05, 0) is 24.1 Å². The van der Waals surface area contributed by atoms with Gasteiger partial charge in [-0.3, -0.25) is 9.59 Å². The molecule has 1 unspecified atom stereocenters. The van der Waals surface area contributed by atoms with Crippen LogP contribution in [-0.2, 0) is 9.59 Å². The van der Waals surface area contributed by atoms with Crippen LogP contribution in [0, 0.1) is 0 Å². The summed E-state index contributed by atoms with van der Waals surface area (Å²) in [6.45, 7) is 2.99. The van der Waals surface area contributed by atoms with E-state index in [1.807, 2.05) is 31.2 Å². The average molecular weight is 337 g/mol. The van der Waals surface area contributed by atoms with Crippen molar-refractivity contribution in [2.75, 3.05) is 13.1 Å². The molecule has 1 aromatic rings. The summed E-state index contributed by atoms with van der Waals surface area (Å²) < 4.78 is 0.937. The van der Waals surface area contributed by atoms with Gasteiger partial charge in [-0.2, -0.15) is 0 Å². The third kappa shape index (κ3) is 3.28. The predicted molar refractivity (Wildman–Crippen MR) is 82.0 cm³/mol. The maximum atomic E-state index is 12.2. The molecule has 1 aliphatic heterocycles. The van der Waals surface area contributed by atoms with E-state index in [0.717, 1.165) is 10.0 Å². The molecule has 1 saturated heterocycles. The fraction of sp³-hybridized carbons (Fsp3) is 0.333. The molecule has 5 heteroatoms. The van der Waals surface area contributed by atoms with Crippen LogP contribution in [0.1, 0.15) is 18.9 Å². The zero-order chi connectivity index (χ0) is 14.5. The van der Waals surface area contributed by atoms with Crippen LogP contribution in [0.2, 0.25) is 0 Å². The smallest absolute Gasteiger partial charge is 0.247 e. The molecule has 1 aliphatic rings. The maximum Gasteiger partial charge on any atom is 0.247 e. The molecule has 20 heavy (non-hydrogen) atoms. The molecule has 1 atom stereocenters. The van der Waals surface area contributed by atoms with Gasteiger partial charge in [0.1, 0.15) is 6.04 Å². The van der Waals surface area contributed by atoms with E-state index < -0.39 is 0 Å². The number of carbonyl (C=O) groups excluding carboxylic acids is 2. The minimum absolute atomic E-state index is 0.0682. The number of rotatable bonds is 3. The highest BCUT2D eigenvalue weighted by molar-refractivity contribution is 9.10. The highest BCUT2D eigenvalue weighted by atomic mass is 79.9. The van der Waals surface area contributed by atoms with Gasteiger partial charge in [-0.25, -0.2) is 0 Å². The standard InChI is InChI=1S/C15H17BrN2O2/c1-2-13-15(20)17-9-10-18(13)14(19)8-7-11-5-3-4-6-12(11)16/h3-8,13H,2,9-10H2,1H3,(H,17,20)/b8-7+. The van der Waals surface area contributed by atoms with Crippen LogP contribution in [0.15, 0.2) is 34.8 Å². The van der Waals surface area contributed by atoms with Crippen molar-refractivity contribution in [1.82, 2.24) is 10.2 Å². The quantitative estimate of drug-likeness (QED) is 0.860. The van der Waals surface area contributed by atoms with Gasteiger partial charge in [0.25, 0.3) is 0 Å². The highest BCUT2D eigenvalue weighted by Gasteiger charge is 2.30. The van der Waals surface area contributed by atoms with Crippen LogP contribution in [0.25, 0.3) is 6.08 Å². The normalized spacial score (nSPS) is 19.2. The van der Waals surface area contributed by atoms with E-state index in [1.54, 1.807) is 11.0 Å². The third-order valence-corrected chi connectivity index (χ3v) is 4.03. The van der Waals surface area contributed by atoms with E-state index in [-0.39, 0.29) is 17.9 Å². The van der Waals surface area contributed by atoms with Gasteiger partial charge in [0.05, 0.1) is 0 Å². The molecule has 106 valence electrons. The zero-order valence-corrected chi connectivity index (χ0v) is 12.9.